The van der Waals surface area contributed by atoms with Crippen LogP contribution in [-0.2, 0) is 6.42 Å². The molecule has 0 heterocycles. The molecule has 0 radical (unpaired) electrons. The van der Waals surface area contributed by atoms with E-state index in [9.17, 15) is 9.90 Å². The van der Waals surface area contributed by atoms with Crippen LogP contribution in [0, 0.1) is 5.92 Å². The van der Waals surface area contributed by atoms with Crippen LogP contribution in [0.2, 0.25) is 0 Å². The molecule has 0 saturated heterocycles. The maximum atomic E-state index is 13.2. The van der Waals surface area contributed by atoms with Crippen LogP contribution < -0.4 is 9.47 Å². The molecule has 4 heteroatoms. The van der Waals surface area contributed by atoms with Crippen LogP contribution in [0.3, 0.4) is 0 Å². The summed E-state index contributed by atoms with van der Waals surface area (Å²) < 4.78 is 10.4. The molecule has 0 aromatic heterocycles. The van der Waals surface area contributed by atoms with Gasteiger partial charge in [0.1, 0.15) is 11.5 Å². The van der Waals surface area contributed by atoms with Crippen LogP contribution in [0.5, 0.6) is 11.5 Å². The van der Waals surface area contributed by atoms with Gasteiger partial charge in [-0.15, -0.1) is 0 Å². The number of rotatable bonds is 8. The summed E-state index contributed by atoms with van der Waals surface area (Å²) >= 11 is 0. The number of methoxy groups -OCH3 is 2. The summed E-state index contributed by atoms with van der Waals surface area (Å²) in [5.41, 5.74) is 2.24. The molecule has 1 N–H and O–H groups in total. The number of carbonyl (C=O) groups is 1. The van der Waals surface area contributed by atoms with Gasteiger partial charge in [-0.2, -0.15) is 0 Å². The number of ether oxygens (including phenoxy) is 2. The Labute approximate surface area is 165 Å². The molecular formula is C24H24O4. The average molecular weight is 376 g/mol. The summed E-state index contributed by atoms with van der Waals surface area (Å²) in [6, 6.07) is 23.8. The third kappa shape index (κ3) is 4.59. The quantitative estimate of drug-likeness (QED) is 0.589. The van der Waals surface area contributed by atoms with Crippen molar-refractivity contribution < 1.29 is 19.4 Å². The van der Waals surface area contributed by atoms with E-state index in [0.29, 0.717) is 23.3 Å². The van der Waals surface area contributed by atoms with Crippen LogP contribution in [0.1, 0.15) is 27.6 Å². The molecule has 0 aliphatic rings. The Morgan fingerprint density at radius 1 is 0.821 bits per heavy atom. The Balaban J connectivity index is 1.91. The molecule has 144 valence electrons. The fourth-order valence-corrected chi connectivity index (χ4v) is 3.21. The largest absolute Gasteiger partial charge is 0.497 e. The van der Waals surface area contributed by atoms with Crippen molar-refractivity contribution in [1.82, 2.24) is 0 Å². The molecule has 0 aliphatic carbocycles. The minimum Gasteiger partial charge on any atom is -0.497 e. The van der Waals surface area contributed by atoms with Gasteiger partial charge in [0.15, 0.2) is 5.78 Å². The molecule has 0 aliphatic heterocycles. The van der Waals surface area contributed by atoms with Gasteiger partial charge in [0.25, 0.3) is 0 Å². The van der Waals surface area contributed by atoms with Crippen molar-refractivity contribution in [1.29, 1.82) is 0 Å². The van der Waals surface area contributed by atoms with Crippen LogP contribution in [-0.4, -0.2) is 25.1 Å². The van der Waals surface area contributed by atoms with Gasteiger partial charge in [-0.3, -0.25) is 4.79 Å². The van der Waals surface area contributed by atoms with Crippen LogP contribution in [0.25, 0.3) is 0 Å². The van der Waals surface area contributed by atoms with Gasteiger partial charge in [0.2, 0.25) is 0 Å². The van der Waals surface area contributed by atoms with Gasteiger partial charge in [-0.05, 0) is 41.8 Å². The smallest absolute Gasteiger partial charge is 0.169 e. The Kier molecular flexibility index (Phi) is 6.45. The van der Waals surface area contributed by atoms with Crippen molar-refractivity contribution in [3.05, 3.63) is 95.6 Å². The Hall–Kier alpha value is -3.11. The SMILES string of the molecule is COc1ccc(C[C@@H](C(=O)c2ccccc2)[C@H](O)c2ccc(OC)cc2)cc1. The molecule has 0 bridgehead atoms. The number of benzene rings is 3. The van der Waals surface area contributed by atoms with Gasteiger partial charge >= 0.3 is 0 Å². The Morgan fingerprint density at radius 3 is 1.89 bits per heavy atom. The predicted octanol–water partition coefficient (Wildman–Crippen LogP) is 4.48. The monoisotopic (exact) mass is 376 g/mol. The molecule has 3 rings (SSSR count). The zero-order valence-electron chi connectivity index (χ0n) is 16.0. The highest BCUT2D eigenvalue weighted by Gasteiger charge is 2.29. The van der Waals surface area contributed by atoms with Crippen LogP contribution in [0.4, 0.5) is 0 Å². The summed E-state index contributed by atoms with van der Waals surface area (Å²) in [4.78, 5) is 13.2. The standard InChI is InChI=1S/C24H24O4/c1-27-20-12-8-17(9-13-20)16-22(23(25)18-6-4-3-5-7-18)24(26)19-10-14-21(28-2)15-11-19/h3-15,22,24,26H,16H2,1-2H3/t22-,24+/m0/s1. The van der Waals surface area contributed by atoms with E-state index in [2.05, 4.69) is 0 Å². The summed E-state index contributed by atoms with van der Waals surface area (Å²) in [5.74, 6) is 0.770. The Morgan fingerprint density at radius 2 is 1.36 bits per heavy atom. The molecule has 3 aromatic carbocycles. The first-order valence-corrected chi connectivity index (χ1v) is 9.16. The molecule has 28 heavy (non-hydrogen) atoms. The molecule has 0 spiro atoms. The summed E-state index contributed by atoms with van der Waals surface area (Å²) in [6.45, 7) is 0. The predicted molar refractivity (Wildman–Crippen MR) is 109 cm³/mol. The van der Waals surface area contributed by atoms with E-state index in [-0.39, 0.29) is 5.78 Å². The summed E-state index contributed by atoms with van der Waals surface area (Å²) in [5, 5.41) is 11.1. The van der Waals surface area contributed by atoms with E-state index in [0.717, 1.165) is 11.3 Å². The maximum absolute atomic E-state index is 13.2. The van der Waals surface area contributed by atoms with Crippen LogP contribution >= 0.6 is 0 Å². The van der Waals surface area contributed by atoms with E-state index in [4.69, 9.17) is 9.47 Å². The normalized spacial score (nSPS) is 12.8. The van der Waals surface area contributed by atoms with Gasteiger partial charge < -0.3 is 14.6 Å². The lowest BCUT2D eigenvalue weighted by atomic mass is 9.84. The third-order valence-corrected chi connectivity index (χ3v) is 4.85. The molecule has 3 aromatic rings. The lowest BCUT2D eigenvalue weighted by Gasteiger charge is -2.23. The van der Waals surface area contributed by atoms with E-state index >= 15 is 0 Å². The number of Topliss-reactive ketones (excluding diaryl/α,β-unsaturated/α-hetero) is 1. The van der Waals surface area contributed by atoms with Crippen LogP contribution in [0.15, 0.2) is 78.9 Å². The van der Waals surface area contributed by atoms with Crippen molar-refractivity contribution in [2.24, 2.45) is 5.92 Å². The first-order valence-electron chi connectivity index (χ1n) is 9.16. The highest BCUT2D eigenvalue weighted by atomic mass is 16.5. The van der Waals surface area contributed by atoms with Gasteiger partial charge in [-0.1, -0.05) is 54.6 Å². The second-order valence-electron chi connectivity index (χ2n) is 6.61. The number of hydrogen-bond acceptors (Lipinski definition) is 4. The van der Waals surface area contributed by atoms with Gasteiger partial charge in [-0.25, -0.2) is 0 Å². The maximum Gasteiger partial charge on any atom is 0.169 e. The third-order valence-electron chi connectivity index (χ3n) is 4.85. The molecule has 4 nitrogen and oxygen atoms in total. The molecular weight excluding hydrogens is 352 g/mol. The molecule has 0 fully saturated rings. The first-order chi connectivity index (χ1) is 13.6. The van der Waals surface area contributed by atoms with E-state index in [1.165, 1.54) is 0 Å². The van der Waals surface area contributed by atoms with Gasteiger partial charge in [0.05, 0.1) is 26.2 Å². The van der Waals surface area contributed by atoms with E-state index in [1.807, 2.05) is 42.5 Å². The fraction of sp³-hybridized carbons (Fsp3) is 0.208. The van der Waals surface area contributed by atoms with Gasteiger partial charge in [0, 0.05) is 5.56 Å². The highest BCUT2D eigenvalue weighted by Crippen LogP contribution is 2.30. The van der Waals surface area contributed by atoms with Crippen molar-refractivity contribution in [3.8, 4) is 11.5 Å². The number of ketones is 1. The Bertz CT molecular complexity index is 886. The van der Waals surface area contributed by atoms with Crippen molar-refractivity contribution in [2.75, 3.05) is 14.2 Å². The second kappa shape index (κ2) is 9.20. The summed E-state index contributed by atoms with van der Waals surface area (Å²) in [7, 11) is 3.21. The first kappa shape index (κ1) is 19.6. The topological polar surface area (TPSA) is 55.8 Å². The highest BCUT2D eigenvalue weighted by molar-refractivity contribution is 5.98. The number of hydrogen-bond donors (Lipinski definition) is 1. The number of aliphatic hydroxyl groups excluding tert-OH is 1. The number of carbonyl (C=O) groups excluding carboxylic acids is 1. The minimum atomic E-state index is -0.930. The van der Waals surface area contributed by atoms with Crippen molar-refractivity contribution >= 4 is 5.78 Å². The summed E-state index contributed by atoms with van der Waals surface area (Å²) in [6.07, 6.45) is -0.508. The zero-order valence-corrected chi connectivity index (χ0v) is 16.0. The lowest BCUT2D eigenvalue weighted by molar-refractivity contribution is 0.0676. The fourth-order valence-electron chi connectivity index (χ4n) is 3.21. The zero-order chi connectivity index (χ0) is 19.9. The van der Waals surface area contributed by atoms with E-state index in [1.54, 1.807) is 50.6 Å². The second-order valence-corrected chi connectivity index (χ2v) is 6.61. The molecule has 0 amide bonds. The van der Waals surface area contributed by atoms with Crippen molar-refractivity contribution in [3.63, 3.8) is 0 Å². The lowest BCUT2D eigenvalue weighted by Crippen LogP contribution is -2.25. The molecule has 0 saturated carbocycles. The van der Waals surface area contributed by atoms with Crippen molar-refractivity contribution in [2.45, 2.75) is 12.5 Å². The molecule has 0 unspecified atom stereocenters. The molecule has 2 atom stereocenters. The number of aliphatic hydroxyl groups is 1. The average Bonchev–Trinajstić information content (AvgIpc) is 2.77. The minimum absolute atomic E-state index is 0.0836. The van der Waals surface area contributed by atoms with E-state index < -0.39 is 12.0 Å².